The zero-order chi connectivity index (χ0) is 20.6. The standard InChI is InChI=1S/C21H20N4O3S/c1-28-16-9-7-15(8-10-16)13-25-20(27)17-5-2-3-6-18(17)24-21(25)29-14-19(26)23-12-4-11-22/h2-3,5-10H,4,12-14H2,1H3,(H,23,26). The third kappa shape index (κ3) is 5.15. The van der Waals surface area contributed by atoms with Crippen molar-refractivity contribution in [2.24, 2.45) is 0 Å². The minimum atomic E-state index is -0.205. The van der Waals surface area contributed by atoms with Crippen molar-refractivity contribution in [1.82, 2.24) is 14.9 Å². The van der Waals surface area contributed by atoms with Crippen LogP contribution in [0.2, 0.25) is 0 Å². The van der Waals surface area contributed by atoms with Gasteiger partial charge >= 0.3 is 0 Å². The normalized spacial score (nSPS) is 10.5. The summed E-state index contributed by atoms with van der Waals surface area (Å²) < 4.78 is 6.76. The summed E-state index contributed by atoms with van der Waals surface area (Å²) >= 11 is 1.20. The number of nitrogens with one attached hydrogen (secondary N) is 1. The molecule has 0 saturated heterocycles. The van der Waals surface area contributed by atoms with Crippen LogP contribution in [0.3, 0.4) is 0 Å². The largest absolute Gasteiger partial charge is 0.497 e. The summed E-state index contributed by atoms with van der Waals surface area (Å²) in [6.45, 7) is 0.638. The Morgan fingerprint density at radius 1 is 1.24 bits per heavy atom. The van der Waals surface area contributed by atoms with Gasteiger partial charge in [-0.2, -0.15) is 5.26 Å². The lowest BCUT2D eigenvalue weighted by Gasteiger charge is -2.13. The Morgan fingerprint density at radius 3 is 2.72 bits per heavy atom. The first-order valence-electron chi connectivity index (χ1n) is 9.01. The summed E-state index contributed by atoms with van der Waals surface area (Å²) in [5.74, 6) is 0.642. The molecular formula is C21H20N4O3S. The molecule has 0 saturated carbocycles. The van der Waals surface area contributed by atoms with Crippen LogP contribution in [0.1, 0.15) is 12.0 Å². The van der Waals surface area contributed by atoms with Crippen molar-refractivity contribution in [1.29, 1.82) is 5.26 Å². The second kappa shape index (κ2) is 9.75. The molecule has 2 aromatic carbocycles. The van der Waals surface area contributed by atoms with E-state index in [1.165, 1.54) is 11.8 Å². The predicted octanol–water partition coefficient (Wildman–Crippen LogP) is 2.58. The van der Waals surface area contributed by atoms with Crippen molar-refractivity contribution < 1.29 is 9.53 Å². The van der Waals surface area contributed by atoms with E-state index in [-0.39, 0.29) is 23.6 Å². The van der Waals surface area contributed by atoms with Crippen LogP contribution >= 0.6 is 11.8 Å². The number of ether oxygens (including phenoxy) is 1. The highest BCUT2D eigenvalue weighted by Crippen LogP contribution is 2.20. The maximum Gasteiger partial charge on any atom is 0.262 e. The van der Waals surface area contributed by atoms with Crippen LogP contribution in [-0.2, 0) is 11.3 Å². The molecule has 3 rings (SSSR count). The highest BCUT2D eigenvalue weighted by Gasteiger charge is 2.13. The van der Waals surface area contributed by atoms with Gasteiger partial charge in [-0.3, -0.25) is 14.2 Å². The molecule has 0 bridgehead atoms. The molecule has 0 aliphatic rings. The molecule has 1 N–H and O–H groups in total. The van der Waals surface area contributed by atoms with Gasteiger partial charge in [-0.1, -0.05) is 36.0 Å². The molecule has 0 spiro atoms. The number of para-hydroxylation sites is 1. The number of hydrogen-bond acceptors (Lipinski definition) is 6. The van der Waals surface area contributed by atoms with Crippen LogP contribution in [0.15, 0.2) is 58.5 Å². The first-order chi connectivity index (χ1) is 14.1. The quantitative estimate of drug-likeness (QED) is 0.350. The number of fused-ring (bicyclic) bond motifs is 1. The molecule has 0 fully saturated rings. The lowest BCUT2D eigenvalue weighted by Crippen LogP contribution is -2.27. The summed E-state index contributed by atoms with van der Waals surface area (Å²) in [6, 6.07) is 16.6. The Labute approximate surface area is 172 Å². The van der Waals surface area contributed by atoms with Crippen LogP contribution < -0.4 is 15.6 Å². The van der Waals surface area contributed by atoms with Gasteiger partial charge in [0, 0.05) is 6.54 Å². The Balaban J connectivity index is 1.89. The van der Waals surface area contributed by atoms with Crippen molar-refractivity contribution >= 4 is 28.6 Å². The molecule has 1 aromatic heterocycles. The van der Waals surface area contributed by atoms with Crippen LogP contribution in [0.25, 0.3) is 10.9 Å². The van der Waals surface area contributed by atoms with E-state index in [1.807, 2.05) is 36.4 Å². The van der Waals surface area contributed by atoms with E-state index in [1.54, 1.807) is 29.9 Å². The summed E-state index contributed by atoms with van der Waals surface area (Å²) in [7, 11) is 1.60. The second-order valence-corrected chi connectivity index (χ2v) is 7.14. The molecule has 1 heterocycles. The highest BCUT2D eigenvalue weighted by molar-refractivity contribution is 7.99. The van der Waals surface area contributed by atoms with Gasteiger partial charge in [0.25, 0.3) is 5.56 Å². The van der Waals surface area contributed by atoms with E-state index in [4.69, 9.17) is 10.00 Å². The van der Waals surface area contributed by atoms with E-state index in [2.05, 4.69) is 10.3 Å². The van der Waals surface area contributed by atoms with E-state index in [0.29, 0.717) is 29.1 Å². The predicted molar refractivity (Wildman–Crippen MR) is 112 cm³/mol. The molecule has 8 heteroatoms. The van der Waals surface area contributed by atoms with Crippen LogP contribution in [0.5, 0.6) is 5.75 Å². The second-order valence-electron chi connectivity index (χ2n) is 6.20. The van der Waals surface area contributed by atoms with E-state index in [9.17, 15) is 9.59 Å². The zero-order valence-electron chi connectivity index (χ0n) is 15.9. The Hall–Kier alpha value is -3.31. The van der Waals surface area contributed by atoms with Gasteiger partial charge in [-0.05, 0) is 29.8 Å². The molecule has 0 atom stereocenters. The third-order valence-electron chi connectivity index (χ3n) is 4.22. The average Bonchev–Trinajstić information content (AvgIpc) is 2.75. The first-order valence-corrected chi connectivity index (χ1v) is 10.00. The fraction of sp³-hybridized carbons (Fsp3) is 0.238. The maximum atomic E-state index is 13.1. The fourth-order valence-corrected chi connectivity index (χ4v) is 3.58. The van der Waals surface area contributed by atoms with Gasteiger partial charge < -0.3 is 10.1 Å². The summed E-state index contributed by atoms with van der Waals surface area (Å²) in [4.78, 5) is 29.7. The van der Waals surface area contributed by atoms with Crippen molar-refractivity contribution in [3.05, 3.63) is 64.4 Å². The van der Waals surface area contributed by atoms with E-state index < -0.39 is 0 Å². The van der Waals surface area contributed by atoms with Gasteiger partial charge in [0.15, 0.2) is 5.16 Å². The number of rotatable bonds is 8. The maximum absolute atomic E-state index is 13.1. The minimum Gasteiger partial charge on any atom is -0.497 e. The van der Waals surface area contributed by atoms with Gasteiger partial charge in [0.1, 0.15) is 5.75 Å². The number of nitrogens with zero attached hydrogens (tertiary/aromatic N) is 3. The number of methoxy groups -OCH3 is 1. The monoisotopic (exact) mass is 408 g/mol. The van der Waals surface area contributed by atoms with Crippen molar-refractivity contribution in [2.45, 2.75) is 18.1 Å². The van der Waals surface area contributed by atoms with E-state index >= 15 is 0 Å². The summed E-state index contributed by atoms with van der Waals surface area (Å²) in [6.07, 6.45) is 0.257. The first kappa shape index (κ1) is 20.4. The third-order valence-corrected chi connectivity index (χ3v) is 5.19. The number of hydrogen-bond donors (Lipinski definition) is 1. The number of carbonyl (C=O) groups excluding carboxylic acids is 1. The molecule has 0 aliphatic heterocycles. The average molecular weight is 408 g/mol. The van der Waals surface area contributed by atoms with Crippen LogP contribution in [0, 0.1) is 11.3 Å². The topological polar surface area (TPSA) is 97.0 Å². The molecular weight excluding hydrogens is 388 g/mol. The number of carbonyl (C=O) groups is 1. The lowest BCUT2D eigenvalue weighted by atomic mass is 10.2. The van der Waals surface area contributed by atoms with Gasteiger partial charge in [0.05, 0.1) is 42.8 Å². The Bertz CT molecular complexity index is 1100. The number of aromatic nitrogens is 2. The lowest BCUT2D eigenvalue weighted by molar-refractivity contribution is -0.118. The van der Waals surface area contributed by atoms with Crippen molar-refractivity contribution in [2.75, 3.05) is 19.4 Å². The molecule has 29 heavy (non-hydrogen) atoms. The highest BCUT2D eigenvalue weighted by atomic mass is 32.2. The summed E-state index contributed by atoms with van der Waals surface area (Å²) in [5, 5.41) is 12.2. The van der Waals surface area contributed by atoms with E-state index in [0.717, 1.165) is 11.3 Å². The fourth-order valence-electron chi connectivity index (χ4n) is 2.75. The smallest absolute Gasteiger partial charge is 0.262 e. The number of benzene rings is 2. The summed E-state index contributed by atoms with van der Waals surface area (Å²) in [5.41, 5.74) is 1.36. The van der Waals surface area contributed by atoms with Gasteiger partial charge in [-0.15, -0.1) is 0 Å². The Kier molecular flexibility index (Phi) is 6.87. The molecule has 1 amide bonds. The van der Waals surface area contributed by atoms with Crippen LogP contribution in [-0.4, -0.2) is 34.9 Å². The number of amides is 1. The van der Waals surface area contributed by atoms with Gasteiger partial charge in [-0.25, -0.2) is 4.98 Å². The molecule has 3 aromatic rings. The number of nitriles is 1. The molecule has 0 radical (unpaired) electrons. The minimum absolute atomic E-state index is 0.110. The van der Waals surface area contributed by atoms with Crippen LogP contribution in [0.4, 0.5) is 0 Å². The van der Waals surface area contributed by atoms with Crippen molar-refractivity contribution in [3.63, 3.8) is 0 Å². The molecule has 148 valence electrons. The molecule has 7 nitrogen and oxygen atoms in total. The molecule has 0 unspecified atom stereocenters. The Morgan fingerprint density at radius 2 is 2.00 bits per heavy atom. The molecule has 0 aliphatic carbocycles. The van der Waals surface area contributed by atoms with Crippen molar-refractivity contribution in [3.8, 4) is 11.8 Å². The number of thioether (sulfide) groups is 1. The SMILES string of the molecule is COc1ccc(Cn2c(SCC(=O)NCCC#N)nc3ccccc3c2=O)cc1. The zero-order valence-corrected chi connectivity index (χ0v) is 16.7. The van der Waals surface area contributed by atoms with Gasteiger partial charge in [0.2, 0.25) is 5.91 Å².